The maximum Gasteiger partial charge on any atom is 0.310 e. The van der Waals surface area contributed by atoms with Crippen molar-refractivity contribution in [2.45, 2.75) is 19.1 Å². The van der Waals surface area contributed by atoms with E-state index >= 15 is 0 Å². The van der Waals surface area contributed by atoms with E-state index in [1.54, 1.807) is 30.3 Å². The van der Waals surface area contributed by atoms with Gasteiger partial charge in [0.05, 0.1) is 5.75 Å². The van der Waals surface area contributed by atoms with E-state index in [0.29, 0.717) is 16.9 Å². The van der Waals surface area contributed by atoms with Gasteiger partial charge in [-0.1, -0.05) is 30.0 Å². The molecule has 2 aromatic carbocycles. The monoisotopic (exact) mass is 433 g/mol. The number of anilines is 1. The summed E-state index contributed by atoms with van der Waals surface area (Å²) >= 11 is 1.18. The number of benzene rings is 2. The molecule has 0 unspecified atom stereocenters. The Morgan fingerprint density at radius 2 is 1.69 bits per heavy atom. The predicted molar refractivity (Wildman–Crippen MR) is 115 cm³/mol. The van der Waals surface area contributed by atoms with Crippen molar-refractivity contribution < 1.29 is 17.0 Å². The van der Waals surface area contributed by atoms with Gasteiger partial charge in [0.2, 0.25) is 5.89 Å². The van der Waals surface area contributed by atoms with Gasteiger partial charge < -0.3 is 13.5 Å². The summed E-state index contributed by atoms with van der Waals surface area (Å²) in [6, 6.07) is 16.3. The molecule has 0 aliphatic heterocycles. The molecule has 7 nitrogen and oxygen atoms in total. The molecule has 0 saturated carbocycles. The first-order chi connectivity index (χ1) is 14.0. The van der Waals surface area contributed by atoms with Crippen molar-refractivity contribution in [2.75, 3.05) is 29.5 Å². The zero-order chi connectivity index (χ0) is 20.7. The molecule has 0 radical (unpaired) electrons. The molecule has 1 aromatic heterocycles. The molecule has 0 fully saturated rings. The maximum atomic E-state index is 12.0. The van der Waals surface area contributed by atoms with E-state index in [1.165, 1.54) is 11.8 Å². The molecule has 154 valence electrons. The van der Waals surface area contributed by atoms with Crippen LogP contribution in [0.4, 0.5) is 5.69 Å². The average molecular weight is 434 g/mol. The second-order valence-electron chi connectivity index (χ2n) is 6.10. The van der Waals surface area contributed by atoms with Crippen LogP contribution < -0.4 is 9.08 Å². The summed E-state index contributed by atoms with van der Waals surface area (Å²) in [7, 11) is -3.68. The van der Waals surface area contributed by atoms with Gasteiger partial charge in [0, 0.05) is 30.1 Å². The molecule has 0 aliphatic rings. The summed E-state index contributed by atoms with van der Waals surface area (Å²) in [6.45, 7) is 6.11. The molecule has 0 saturated heterocycles. The second kappa shape index (κ2) is 9.80. The van der Waals surface area contributed by atoms with Crippen LogP contribution in [0.15, 0.2) is 64.2 Å². The lowest BCUT2D eigenvalue weighted by atomic mass is 10.2. The van der Waals surface area contributed by atoms with Crippen LogP contribution in [0.2, 0.25) is 0 Å². The fraction of sp³-hybridized carbons (Fsp3) is 0.300. The van der Waals surface area contributed by atoms with E-state index in [0.717, 1.165) is 24.3 Å². The summed E-state index contributed by atoms with van der Waals surface area (Å²) in [5.74, 6) is 0.785. The van der Waals surface area contributed by atoms with Gasteiger partial charge in [-0.15, -0.1) is 10.2 Å². The fourth-order valence-corrected chi connectivity index (χ4v) is 4.73. The molecular formula is C20H23N3O4S2. The zero-order valence-corrected chi connectivity index (χ0v) is 17.9. The molecular weight excluding hydrogens is 410 g/mol. The minimum Gasteiger partial charge on any atom is -0.411 e. The molecule has 0 amide bonds. The Bertz CT molecular complexity index is 1000. The van der Waals surface area contributed by atoms with Gasteiger partial charge in [-0.05, 0) is 50.2 Å². The van der Waals surface area contributed by atoms with Crippen molar-refractivity contribution in [3.63, 3.8) is 0 Å². The summed E-state index contributed by atoms with van der Waals surface area (Å²) in [6.07, 6.45) is 0. The number of hydrogen-bond acceptors (Lipinski definition) is 8. The highest BCUT2D eigenvalue weighted by molar-refractivity contribution is 8.00. The quantitative estimate of drug-likeness (QED) is 0.349. The van der Waals surface area contributed by atoms with Gasteiger partial charge in [-0.3, -0.25) is 0 Å². The molecule has 0 N–H and O–H groups in total. The first-order valence-electron chi connectivity index (χ1n) is 9.29. The third-order valence-electron chi connectivity index (χ3n) is 4.17. The summed E-state index contributed by atoms with van der Waals surface area (Å²) in [5.41, 5.74) is 1.96. The van der Waals surface area contributed by atoms with Gasteiger partial charge in [0.25, 0.3) is 5.22 Å². The molecule has 29 heavy (non-hydrogen) atoms. The smallest absolute Gasteiger partial charge is 0.310 e. The molecule has 1 heterocycles. The van der Waals surface area contributed by atoms with Crippen molar-refractivity contribution >= 4 is 27.6 Å². The standard InChI is InChI=1S/C20H23N3O4S2/c1-3-23(4-2)17-12-10-16(11-13-17)19-21-22-20(26-19)28-14-15-29(24,25)27-18-8-6-5-7-9-18/h5-13H,3-4,14-15H2,1-2H3. The van der Waals surface area contributed by atoms with Crippen LogP contribution in [0.5, 0.6) is 5.75 Å². The van der Waals surface area contributed by atoms with Crippen LogP contribution in [0.3, 0.4) is 0 Å². The van der Waals surface area contributed by atoms with E-state index < -0.39 is 10.1 Å². The van der Waals surface area contributed by atoms with E-state index in [4.69, 9.17) is 8.60 Å². The van der Waals surface area contributed by atoms with Gasteiger partial charge in [-0.25, -0.2) is 0 Å². The number of nitrogens with zero attached hydrogens (tertiary/aromatic N) is 3. The van der Waals surface area contributed by atoms with Crippen molar-refractivity contribution in [2.24, 2.45) is 0 Å². The molecule has 0 atom stereocenters. The van der Waals surface area contributed by atoms with Crippen molar-refractivity contribution in [3.8, 4) is 17.2 Å². The van der Waals surface area contributed by atoms with Crippen LogP contribution in [0, 0.1) is 0 Å². The predicted octanol–water partition coefficient (Wildman–Crippen LogP) is 4.08. The normalized spacial score (nSPS) is 11.4. The first-order valence-corrected chi connectivity index (χ1v) is 11.9. The molecule has 3 aromatic rings. The fourth-order valence-electron chi connectivity index (χ4n) is 2.68. The molecule has 0 bridgehead atoms. The topological polar surface area (TPSA) is 85.5 Å². The van der Waals surface area contributed by atoms with Gasteiger partial charge in [0.15, 0.2) is 0 Å². The maximum absolute atomic E-state index is 12.0. The minimum absolute atomic E-state index is 0.164. The number of aromatic nitrogens is 2. The lowest BCUT2D eigenvalue weighted by Gasteiger charge is -2.20. The third-order valence-corrected chi connectivity index (χ3v) is 6.40. The number of para-hydroxylation sites is 1. The Hall–Kier alpha value is -2.52. The zero-order valence-electron chi connectivity index (χ0n) is 16.3. The number of hydrogen-bond donors (Lipinski definition) is 0. The average Bonchev–Trinajstić information content (AvgIpc) is 3.18. The Morgan fingerprint density at radius 3 is 2.34 bits per heavy atom. The molecule has 9 heteroatoms. The lowest BCUT2D eigenvalue weighted by Crippen LogP contribution is -2.21. The first kappa shape index (κ1) is 21.2. The molecule has 0 aliphatic carbocycles. The van der Waals surface area contributed by atoms with Gasteiger partial charge >= 0.3 is 10.1 Å². The Labute approximate surface area is 175 Å². The lowest BCUT2D eigenvalue weighted by molar-refractivity contribution is 0.466. The molecule has 3 rings (SSSR count). The van der Waals surface area contributed by atoms with E-state index in [-0.39, 0.29) is 11.5 Å². The Morgan fingerprint density at radius 1 is 1.00 bits per heavy atom. The number of rotatable bonds is 10. The van der Waals surface area contributed by atoms with Crippen LogP contribution in [0.1, 0.15) is 13.8 Å². The van der Waals surface area contributed by atoms with Crippen molar-refractivity contribution in [1.82, 2.24) is 10.2 Å². The third kappa shape index (κ3) is 5.98. The summed E-state index contributed by atoms with van der Waals surface area (Å²) < 4.78 is 34.8. The SMILES string of the molecule is CCN(CC)c1ccc(-c2nnc(SCCS(=O)(=O)Oc3ccccc3)o2)cc1. The van der Waals surface area contributed by atoms with Crippen molar-refractivity contribution in [1.29, 1.82) is 0 Å². The van der Waals surface area contributed by atoms with Gasteiger partial charge in [-0.2, -0.15) is 8.42 Å². The van der Waals surface area contributed by atoms with E-state index in [2.05, 4.69) is 28.9 Å². The second-order valence-corrected chi connectivity index (χ2v) is 8.84. The number of thioether (sulfide) groups is 1. The minimum atomic E-state index is -3.68. The van der Waals surface area contributed by atoms with Crippen molar-refractivity contribution in [3.05, 3.63) is 54.6 Å². The van der Waals surface area contributed by atoms with Gasteiger partial charge in [0.1, 0.15) is 5.75 Å². The highest BCUT2D eigenvalue weighted by atomic mass is 32.2. The highest BCUT2D eigenvalue weighted by Crippen LogP contribution is 2.25. The summed E-state index contributed by atoms with van der Waals surface area (Å²) in [5, 5.41) is 8.36. The van der Waals surface area contributed by atoms with E-state index in [1.807, 2.05) is 24.3 Å². The highest BCUT2D eigenvalue weighted by Gasteiger charge is 2.15. The van der Waals surface area contributed by atoms with Crippen LogP contribution in [0.25, 0.3) is 11.5 Å². The van der Waals surface area contributed by atoms with E-state index in [9.17, 15) is 8.42 Å². The Balaban J connectivity index is 1.55. The molecule has 0 spiro atoms. The Kier molecular flexibility index (Phi) is 7.16. The van der Waals surface area contributed by atoms with Crippen LogP contribution in [-0.2, 0) is 10.1 Å². The largest absolute Gasteiger partial charge is 0.411 e. The van der Waals surface area contributed by atoms with Crippen LogP contribution in [-0.4, -0.2) is 43.2 Å². The van der Waals surface area contributed by atoms with Crippen LogP contribution >= 0.6 is 11.8 Å². The summed E-state index contributed by atoms with van der Waals surface area (Å²) in [4.78, 5) is 2.25.